The third-order valence-electron chi connectivity index (χ3n) is 5.58. The third kappa shape index (κ3) is 3.72. The number of aryl methyl sites for hydroxylation is 1. The van der Waals surface area contributed by atoms with Crippen molar-refractivity contribution in [3.05, 3.63) is 64.7 Å². The molecule has 0 saturated heterocycles. The second kappa shape index (κ2) is 7.50. The number of amides is 2. The first-order valence-corrected chi connectivity index (χ1v) is 9.31. The van der Waals surface area contributed by atoms with Gasteiger partial charge in [0.1, 0.15) is 0 Å². The van der Waals surface area contributed by atoms with Crippen molar-refractivity contribution in [1.82, 2.24) is 10.8 Å². The van der Waals surface area contributed by atoms with E-state index in [2.05, 4.69) is 22.8 Å². The van der Waals surface area contributed by atoms with Gasteiger partial charge in [0, 0.05) is 18.2 Å². The van der Waals surface area contributed by atoms with E-state index in [1.807, 2.05) is 30.3 Å². The lowest BCUT2D eigenvalue weighted by atomic mass is 9.83. The van der Waals surface area contributed by atoms with E-state index in [1.54, 1.807) is 5.48 Å². The van der Waals surface area contributed by atoms with Gasteiger partial charge in [-0.3, -0.25) is 14.8 Å². The van der Waals surface area contributed by atoms with E-state index in [1.165, 1.54) is 11.1 Å². The highest BCUT2D eigenvalue weighted by Crippen LogP contribution is 2.28. The molecule has 6 nitrogen and oxygen atoms in total. The van der Waals surface area contributed by atoms with Crippen molar-refractivity contribution in [2.45, 2.75) is 38.3 Å². The molecule has 140 valence electrons. The van der Waals surface area contributed by atoms with Crippen LogP contribution in [0.15, 0.2) is 42.5 Å². The largest absolute Gasteiger partial charge is 0.325 e. The molecule has 0 radical (unpaired) electrons. The zero-order valence-corrected chi connectivity index (χ0v) is 15.0. The Labute approximate surface area is 157 Å². The van der Waals surface area contributed by atoms with Crippen LogP contribution in [0.1, 0.15) is 28.7 Å². The van der Waals surface area contributed by atoms with E-state index in [-0.39, 0.29) is 23.8 Å². The number of carbonyl (C=O) groups excluding carboxylic acids is 2. The molecule has 27 heavy (non-hydrogen) atoms. The van der Waals surface area contributed by atoms with Gasteiger partial charge in [-0.05, 0) is 60.1 Å². The van der Waals surface area contributed by atoms with Gasteiger partial charge in [-0.15, -0.1) is 0 Å². The molecule has 4 rings (SSSR count). The summed E-state index contributed by atoms with van der Waals surface area (Å²) in [6, 6.07) is 13.8. The number of hydroxylamine groups is 1. The van der Waals surface area contributed by atoms with Crippen LogP contribution < -0.4 is 16.1 Å². The molecule has 0 fully saturated rings. The van der Waals surface area contributed by atoms with E-state index >= 15 is 0 Å². The number of hydrogen-bond donors (Lipinski definition) is 4. The lowest BCUT2D eigenvalue weighted by molar-refractivity contribution is -0.133. The summed E-state index contributed by atoms with van der Waals surface area (Å²) >= 11 is 0. The molecule has 1 heterocycles. The predicted octanol–water partition coefficient (Wildman–Crippen LogP) is 1.95. The summed E-state index contributed by atoms with van der Waals surface area (Å²) in [5.74, 6) is -0.561. The van der Waals surface area contributed by atoms with Gasteiger partial charge in [-0.25, -0.2) is 5.48 Å². The Morgan fingerprint density at radius 3 is 2.56 bits per heavy atom. The van der Waals surface area contributed by atoms with Gasteiger partial charge in [0.15, 0.2) is 0 Å². The predicted molar refractivity (Wildman–Crippen MR) is 101 cm³/mol. The van der Waals surface area contributed by atoms with Gasteiger partial charge < -0.3 is 10.6 Å². The van der Waals surface area contributed by atoms with E-state index < -0.39 is 0 Å². The van der Waals surface area contributed by atoms with Crippen LogP contribution in [0.3, 0.4) is 0 Å². The monoisotopic (exact) mass is 365 g/mol. The molecule has 0 bridgehead atoms. The molecule has 1 aliphatic carbocycles. The average Bonchev–Trinajstić information content (AvgIpc) is 2.72. The third-order valence-corrected chi connectivity index (χ3v) is 5.58. The first kappa shape index (κ1) is 17.7. The van der Waals surface area contributed by atoms with Crippen LogP contribution >= 0.6 is 0 Å². The maximum atomic E-state index is 12.7. The molecule has 4 N–H and O–H groups in total. The van der Waals surface area contributed by atoms with Crippen LogP contribution in [0, 0.1) is 5.92 Å². The summed E-state index contributed by atoms with van der Waals surface area (Å²) < 4.78 is 0. The number of rotatable bonds is 3. The highest BCUT2D eigenvalue weighted by atomic mass is 16.5. The van der Waals surface area contributed by atoms with Gasteiger partial charge in [0.05, 0.1) is 6.04 Å². The Bertz CT molecular complexity index is 881. The lowest BCUT2D eigenvalue weighted by Gasteiger charge is -2.26. The Balaban J connectivity index is 1.42. The molecule has 2 aromatic rings. The second-order valence-electron chi connectivity index (χ2n) is 7.29. The summed E-state index contributed by atoms with van der Waals surface area (Å²) in [5.41, 5.74) is 7.23. The van der Waals surface area contributed by atoms with Gasteiger partial charge in [-0.2, -0.15) is 0 Å². The molecule has 0 aromatic heterocycles. The number of hydrogen-bond acceptors (Lipinski definition) is 4. The van der Waals surface area contributed by atoms with Crippen LogP contribution in [0.25, 0.3) is 0 Å². The maximum Gasteiger partial charge on any atom is 0.246 e. The first-order chi connectivity index (χ1) is 13.1. The number of anilines is 1. The lowest BCUT2D eigenvalue weighted by Crippen LogP contribution is -2.44. The molecule has 2 amide bonds. The molecule has 2 aromatic carbocycles. The molecule has 6 heteroatoms. The van der Waals surface area contributed by atoms with Gasteiger partial charge in [-0.1, -0.05) is 30.3 Å². The molecule has 1 aliphatic heterocycles. The van der Waals surface area contributed by atoms with Crippen LogP contribution in [0.4, 0.5) is 5.69 Å². The average molecular weight is 365 g/mol. The zero-order chi connectivity index (χ0) is 18.8. The zero-order valence-electron chi connectivity index (χ0n) is 15.0. The normalized spacial score (nSPS) is 20.9. The highest BCUT2D eigenvalue weighted by molar-refractivity contribution is 5.95. The van der Waals surface area contributed by atoms with Crippen molar-refractivity contribution in [2.75, 3.05) is 5.32 Å². The van der Waals surface area contributed by atoms with Gasteiger partial charge >= 0.3 is 0 Å². The number of benzene rings is 2. The van der Waals surface area contributed by atoms with Crippen molar-refractivity contribution in [1.29, 1.82) is 0 Å². The van der Waals surface area contributed by atoms with E-state index in [0.717, 1.165) is 23.2 Å². The summed E-state index contributed by atoms with van der Waals surface area (Å²) in [6.07, 6.45) is 2.74. The molecule has 1 unspecified atom stereocenters. The molecule has 2 aliphatic rings. The second-order valence-corrected chi connectivity index (χ2v) is 7.29. The SMILES string of the molecule is O=C(NO)C1CCc2cc(NC(=O)[C@H]3Cc4ccccc4CN3)ccc2C1. The topological polar surface area (TPSA) is 90.5 Å². The molecule has 0 spiro atoms. The van der Waals surface area contributed by atoms with Crippen LogP contribution in [-0.2, 0) is 35.4 Å². The molecular weight excluding hydrogens is 342 g/mol. The Morgan fingerprint density at radius 2 is 1.74 bits per heavy atom. The fourth-order valence-corrected chi connectivity index (χ4v) is 4.02. The van der Waals surface area contributed by atoms with E-state index in [0.29, 0.717) is 25.8 Å². The molecule has 0 saturated carbocycles. The fourth-order valence-electron chi connectivity index (χ4n) is 4.02. The van der Waals surface area contributed by atoms with Crippen molar-refractivity contribution < 1.29 is 14.8 Å². The van der Waals surface area contributed by atoms with Crippen molar-refractivity contribution >= 4 is 17.5 Å². The quantitative estimate of drug-likeness (QED) is 0.494. The summed E-state index contributed by atoms with van der Waals surface area (Å²) in [5, 5.41) is 15.1. The van der Waals surface area contributed by atoms with Crippen LogP contribution in [-0.4, -0.2) is 23.1 Å². The first-order valence-electron chi connectivity index (χ1n) is 9.31. The minimum absolute atomic E-state index is 0.0298. The van der Waals surface area contributed by atoms with Gasteiger partial charge in [0.2, 0.25) is 11.8 Å². The van der Waals surface area contributed by atoms with Gasteiger partial charge in [0.25, 0.3) is 0 Å². The Kier molecular flexibility index (Phi) is 4.92. The minimum Gasteiger partial charge on any atom is -0.325 e. The standard InChI is InChI=1S/C21H23N3O3/c25-20(24-27)16-6-5-15-10-18(8-7-14(15)9-16)23-21(26)19-11-13-3-1-2-4-17(13)12-22-19/h1-4,7-8,10,16,19,22,27H,5-6,9,11-12H2,(H,23,26)(H,24,25)/t16?,19-/m1/s1. The van der Waals surface area contributed by atoms with Crippen LogP contribution in [0.5, 0.6) is 0 Å². The molecular formula is C21H23N3O3. The number of nitrogens with one attached hydrogen (secondary N) is 3. The Hall–Kier alpha value is -2.70. The highest BCUT2D eigenvalue weighted by Gasteiger charge is 2.26. The summed E-state index contributed by atoms with van der Waals surface area (Å²) in [7, 11) is 0. The van der Waals surface area contributed by atoms with Crippen molar-refractivity contribution in [3.63, 3.8) is 0 Å². The van der Waals surface area contributed by atoms with Crippen molar-refractivity contribution in [2.24, 2.45) is 5.92 Å². The van der Waals surface area contributed by atoms with E-state index in [4.69, 9.17) is 5.21 Å². The van der Waals surface area contributed by atoms with Crippen LogP contribution in [0.2, 0.25) is 0 Å². The Morgan fingerprint density at radius 1 is 0.963 bits per heavy atom. The number of fused-ring (bicyclic) bond motifs is 2. The summed E-state index contributed by atoms with van der Waals surface area (Å²) in [6.45, 7) is 0.701. The smallest absolute Gasteiger partial charge is 0.246 e. The number of carbonyl (C=O) groups is 2. The molecule has 2 atom stereocenters. The minimum atomic E-state index is -0.332. The fraction of sp³-hybridized carbons (Fsp3) is 0.333. The summed E-state index contributed by atoms with van der Waals surface area (Å²) in [4.78, 5) is 24.3. The van der Waals surface area contributed by atoms with Crippen molar-refractivity contribution in [3.8, 4) is 0 Å². The van der Waals surface area contributed by atoms with E-state index in [9.17, 15) is 9.59 Å². The maximum absolute atomic E-state index is 12.7.